The third-order valence-corrected chi connectivity index (χ3v) is 1.12. The zero-order chi connectivity index (χ0) is 8.69. The smallest absolute Gasteiger partial charge is 0.131 e. The van der Waals surface area contributed by atoms with Crippen LogP contribution in [0.4, 0.5) is 0 Å². The highest BCUT2D eigenvalue weighted by molar-refractivity contribution is 6.03. The van der Waals surface area contributed by atoms with E-state index in [4.69, 9.17) is 0 Å². The van der Waals surface area contributed by atoms with Crippen LogP contribution in [0.3, 0.4) is 0 Å². The molecule has 1 aliphatic rings. The Hall–Kier alpha value is -1.31. The van der Waals surface area contributed by atoms with Gasteiger partial charge in [-0.15, -0.1) is 13.2 Å². The monoisotopic (exact) mass is 150 g/mol. The molecule has 0 aromatic rings. The van der Waals surface area contributed by atoms with Crippen LogP contribution in [-0.2, 0) is 0 Å². The lowest BCUT2D eigenvalue weighted by atomic mass is 10.3. The van der Waals surface area contributed by atoms with E-state index in [9.17, 15) is 0 Å². The third kappa shape index (κ3) is 2.85. The van der Waals surface area contributed by atoms with Crippen molar-refractivity contribution in [3.05, 3.63) is 37.6 Å². The molecule has 0 aromatic heterocycles. The van der Waals surface area contributed by atoms with Gasteiger partial charge in [0.25, 0.3) is 0 Å². The molecule has 0 atom stereocenters. The quantitative estimate of drug-likeness (QED) is 0.567. The summed E-state index contributed by atoms with van der Waals surface area (Å²) in [6, 6.07) is 0. The minimum Gasteiger partial charge on any atom is -0.346 e. The van der Waals surface area contributed by atoms with Crippen LogP contribution in [0.5, 0.6) is 0 Å². The fourth-order valence-electron chi connectivity index (χ4n) is 0.698. The van der Waals surface area contributed by atoms with Crippen LogP contribution in [0.1, 0.15) is 6.92 Å². The van der Waals surface area contributed by atoms with Gasteiger partial charge in [-0.2, -0.15) is 0 Å². The number of nitrogens with one attached hydrogen (secondary N) is 1. The molecule has 0 saturated carbocycles. The number of hydrogen-bond acceptors (Lipinski definition) is 1. The van der Waals surface area contributed by atoms with Crippen LogP contribution < -0.4 is 5.32 Å². The SMILES string of the molecule is C=C.C=C1C=CNC1=NCC. The normalized spacial score (nSPS) is 17.5. The lowest BCUT2D eigenvalue weighted by Crippen LogP contribution is -2.12. The molecule has 2 heteroatoms. The van der Waals surface area contributed by atoms with Crippen molar-refractivity contribution < 1.29 is 0 Å². The van der Waals surface area contributed by atoms with E-state index in [0.29, 0.717) is 0 Å². The van der Waals surface area contributed by atoms with Gasteiger partial charge in [-0.25, -0.2) is 0 Å². The van der Waals surface area contributed by atoms with Crippen molar-refractivity contribution >= 4 is 5.84 Å². The molecule has 0 aromatic carbocycles. The predicted molar refractivity (Wildman–Crippen MR) is 50.6 cm³/mol. The van der Waals surface area contributed by atoms with Crippen LogP contribution in [0.2, 0.25) is 0 Å². The second-order valence-electron chi connectivity index (χ2n) is 1.83. The molecule has 0 unspecified atom stereocenters. The van der Waals surface area contributed by atoms with E-state index in [2.05, 4.69) is 30.0 Å². The summed E-state index contributed by atoms with van der Waals surface area (Å²) in [5, 5.41) is 2.98. The van der Waals surface area contributed by atoms with Crippen LogP contribution >= 0.6 is 0 Å². The molecule has 0 aliphatic carbocycles. The van der Waals surface area contributed by atoms with Gasteiger partial charge in [0.2, 0.25) is 0 Å². The molecule has 1 aliphatic heterocycles. The molecule has 1 N–H and O–H groups in total. The molecule has 0 amide bonds. The van der Waals surface area contributed by atoms with E-state index < -0.39 is 0 Å². The summed E-state index contributed by atoms with van der Waals surface area (Å²) in [5.41, 5.74) is 0.969. The van der Waals surface area contributed by atoms with Crippen LogP contribution in [0.25, 0.3) is 0 Å². The van der Waals surface area contributed by atoms with Crippen molar-refractivity contribution in [2.24, 2.45) is 4.99 Å². The van der Waals surface area contributed by atoms with Crippen molar-refractivity contribution in [2.75, 3.05) is 6.54 Å². The molecular formula is C9H14N2. The number of nitrogens with zero attached hydrogens (tertiary/aromatic N) is 1. The van der Waals surface area contributed by atoms with Crippen molar-refractivity contribution in [1.82, 2.24) is 5.32 Å². The Bertz CT molecular complexity index is 190. The minimum atomic E-state index is 0.809. The Labute approximate surface area is 68.0 Å². The Morgan fingerprint density at radius 2 is 2.18 bits per heavy atom. The van der Waals surface area contributed by atoms with Gasteiger partial charge < -0.3 is 5.32 Å². The largest absolute Gasteiger partial charge is 0.346 e. The van der Waals surface area contributed by atoms with Gasteiger partial charge in [0.05, 0.1) is 0 Å². The molecule has 0 saturated heterocycles. The highest BCUT2D eigenvalue weighted by atomic mass is 15.0. The van der Waals surface area contributed by atoms with Gasteiger partial charge in [-0.3, -0.25) is 4.99 Å². The second-order valence-corrected chi connectivity index (χ2v) is 1.83. The van der Waals surface area contributed by atoms with E-state index in [1.807, 2.05) is 19.2 Å². The first-order valence-corrected chi connectivity index (χ1v) is 3.51. The van der Waals surface area contributed by atoms with Gasteiger partial charge in [0.15, 0.2) is 0 Å². The number of amidine groups is 1. The molecule has 60 valence electrons. The standard InChI is InChI=1S/C7H10N2.C2H4/c1-3-8-7-6(2)4-5-9-7;1-2/h4-5H,2-3H2,1H3,(H,8,9);1-2H2. The van der Waals surface area contributed by atoms with Crippen molar-refractivity contribution in [3.8, 4) is 0 Å². The summed E-state index contributed by atoms with van der Waals surface area (Å²) in [7, 11) is 0. The summed E-state index contributed by atoms with van der Waals surface area (Å²) in [5.74, 6) is 0.900. The van der Waals surface area contributed by atoms with Crippen LogP contribution in [0.15, 0.2) is 42.6 Å². The van der Waals surface area contributed by atoms with E-state index in [-0.39, 0.29) is 0 Å². The van der Waals surface area contributed by atoms with E-state index in [1.165, 1.54) is 0 Å². The highest BCUT2D eigenvalue weighted by Gasteiger charge is 2.02. The molecule has 1 rings (SSSR count). The number of aliphatic imine (C=N–C) groups is 1. The van der Waals surface area contributed by atoms with Crippen molar-refractivity contribution in [3.63, 3.8) is 0 Å². The minimum absolute atomic E-state index is 0.809. The molecule has 0 radical (unpaired) electrons. The summed E-state index contributed by atoms with van der Waals surface area (Å²) < 4.78 is 0. The van der Waals surface area contributed by atoms with Crippen molar-refractivity contribution in [1.29, 1.82) is 0 Å². The molecule has 0 fully saturated rings. The zero-order valence-electron chi connectivity index (χ0n) is 6.93. The molecule has 2 nitrogen and oxygen atoms in total. The molecular weight excluding hydrogens is 136 g/mol. The van der Waals surface area contributed by atoms with Gasteiger partial charge >= 0.3 is 0 Å². The molecule has 1 heterocycles. The summed E-state index contributed by atoms with van der Waals surface area (Å²) in [6.07, 6.45) is 3.76. The third-order valence-electron chi connectivity index (χ3n) is 1.12. The summed E-state index contributed by atoms with van der Waals surface area (Å²) in [4.78, 5) is 4.15. The Morgan fingerprint density at radius 1 is 1.55 bits per heavy atom. The van der Waals surface area contributed by atoms with Gasteiger partial charge in [-0.05, 0) is 13.0 Å². The topological polar surface area (TPSA) is 24.4 Å². The van der Waals surface area contributed by atoms with Crippen molar-refractivity contribution in [2.45, 2.75) is 6.92 Å². The maximum absolute atomic E-state index is 4.15. The van der Waals surface area contributed by atoms with E-state index in [0.717, 1.165) is 18.0 Å². The average Bonchev–Trinajstić information content (AvgIpc) is 2.42. The van der Waals surface area contributed by atoms with Gasteiger partial charge in [-0.1, -0.05) is 6.58 Å². The summed E-state index contributed by atoms with van der Waals surface area (Å²) in [6.45, 7) is 12.6. The number of hydrogen-bond donors (Lipinski definition) is 1. The maximum Gasteiger partial charge on any atom is 0.131 e. The van der Waals surface area contributed by atoms with Crippen LogP contribution in [0, 0.1) is 0 Å². The first-order valence-electron chi connectivity index (χ1n) is 3.51. The molecule has 0 bridgehead atoms. The fraction of sp³-hybridized carbons (Fsp3) is 0.222. The molecule has 11 heavy (non-hydrogen) atoms. The Kier molecular flexibility index (Phi) is 4.82. The lowest BCUT2D eigenvalue weighted by Gasteiger charge is -1.95. The molecule has 0 spiro atoms. The Balaban J connectivity index is 0.000000461. The van der Waals surface area contributed by atoms with Crippen LogP contribution in [-0.4, -0.2) is 12.4 Å². The summed E-state index contributed by atoms with van der Waals surface area (Å²) >= 11 is 0. The second kappa shape index (κ2) is 5.47. The van der Waals surface area contributed by atoms with Gasteiger partial charge in [0, 0.05) is 18.3 Å². The number of rotatable bonds is 1. The van der Waals surface area contributed by atoms with E-state index >= 15 is 0 Å². The lowest BCUT2D eigenvalue weighted by molar-refractivity contribution is 1.10. The van der Waals surface area contributed by atoms with Gasteiger partial charge in [0.1, 0.15) is 5.84 Å². The highest BCUT2D eigenvalue weighted by Crippen LogP contribution is 2.00. The first-order chi connectivity index (χ1) is 5.34. The predicted octanol–water partition coefficient (Wildman–Crippen LogP) is 1.88. The zero-order valence-corrected chi connectivity index (χ0v) is 6.93. The first kappa shape index (κ1) is 9.69. The average molecular weight is 150 g/mol. The Morgan fingerprint density at radius 3 is 2.55 bits per heavy atom. The maximum atomic E-state index is 4.15. The van der Waals surface area contributed by atoms with E-state index in [1.54, 1.807) is 0 Å². The fourth-order valence-corrected chi connectivity index (χ4v) is 0.698.